The van der Waals surface area contributed by atoms with Crippen LogP contribution in [-0.4, -0.2) is 4.21 Å². The topological polar surface area (TPSA) is 42.2 Å². The molecule has 0 bridgehead atoms. The Hall–Kier alpha value is -1.65. The molecule has 0 aliphatic carbocycles. The highest BCUT2D eigenvalue weighted by molar-refractivity contribution is 7.83. The Morgan fingerprint density at radius 3 is 2.68 bits per heavy atom. The summed E-state index contributed by atoms with van der Waals surface area (Å²) in [4.78, 5) is 0.756. The van der Waals surface area contributed by atoms with Crippen LogP contribution in [0.15, 0.2) is 64.6 Å². The minimum atomic E-state index is -1.27. The molecule has 0 spiro atoms. The van der Waals surface area contributed by atoms with Crippen LogP contribution in [-0.2, 0) is 11.0 Å². The van der Waals surface area contributed by atoms with Crippen molar-refractivity contribution < 1.29 is 8.63 Å². The molecule has 0 aliphatic heterocycles. The zero-order valence-electron chi connectivity index (χ0n) is 10.8. The van der Waals surface area contributed by atoms with Gasteiger partial charge in [0.15, 0.2) is 0 Å². The van der Waals surface area contributed by atoms with Crippen LogP contribution in [0.2, 0.25) is 0 Å². The maximum absolute atomic E-state index is 12.3. The highest BCUT2D eigenvalue weighted by Gasteiger charge is 2.16. The minimum Gasteiger partial charge on any atom is -0.468 e. The number of benzene rings is 1. The van der Waals surface area contributed by atoms with Gasteiger partial charge in [0, 0.05) is 0 Å². The molecular weight excluding hydrogens is 258 g/mol. The Labute approximate surface area is 115 Å². The van der Waals surface area contributed by atoms with Crippen molar-refractivity contribution in [1.29, 1.82) is 0 Å². The van der Waals surface area contributed by atoms with E-state index in [2.05, 4.69) is 11.3 Å². The van der Waals surface area contributed by atoms with Gasteiger partial charge in [-0.3, -0.25) is 0 Å². The first-order valence-corrected chi connectivity index (χ1v) is 7.24. The van der Waals surface area contributed by atoms with Crippen molar-refractivity contribution in [3.63, 3.8) is 0 Å². The van der Waals surface area contributed by atoms with Gasteiger partial charge in [-0.15, -0.1) is 6.58 Å². The normalized spacial score (nSPS) is 13.9. The number of nitrogens with one attached hydrogen (secondary N) is 1. The predicted molar refractivity (Wildman–Crippen MR) is 77.0 cm³/mol. The Morgan fingerprint density at radius 1 is 1.37 bits per heavy atom. The molecular formula is C15H17NO2S. The van der Waals surface area contributed by atoms with Crippen molar-refractivity contribution in [2.24, 2.45) is 0 Å². The fourth-order valence-electron chi connectivity index (χ4n) is 1.74. The predicted octanol–water partition coefficient (Wildman–Crippen LogP) is 3.52. The smallest absolute Gasteiger partial charge is 0.125 e. The van der Waals surface area contributed by atoms with E-state index in [1.807, 2.05) is 43.3 Å². The van der Waals surface area contributed by atoms with Gasteiger partial charge in [-0.1, -0.05) is 23.8 Å². The SMILES string of the molecule is C=CC[C@H](NS(=O)c1ccc(C)cc1)c1ccco1. The molecule has 4 heteroatoms. The van der Waals surface area contributed by atoms with E-state index in [1.165, 1.54) is 0 Å². The number of rotatable bonds is 6. The van der Waals surface area contributed by atoms with E-state index in [0.717, 1.165) is 16.2 Å². The van der Waals surface area contributed by atoms with Crippen molar-refractivity contribution in [3.8, 4) is 0 Å². The van der Waals surface area contributed by atoms with Crippen LogP contribution < -0.4 is 4.72 Å². The molecule has 0 fully saturated rings. The standard InChI is InChI=1S/C15H17NO2S/c1-3-5-14(15-6-4-11-18-15)16-19(17)13-9-7-12(2)8-10-13/h3-4,6-11,14,16H,1,5H2,2H3/t14-,19?/m0/s1. The van der Waals surface area contributed by atoms with Crippen molar-refractivity contribution in [2.75, 3.05) is 0 Å². The molecule has 0 radical (unpaired) electrons. The van der Waals surface area contributed by atoms with Gasteiger partial charge in [0.2, 0.25) is 0 Å². The van der Waals surface area contributed by atoms with Gasteiger partial charge in [-0.2, -0.15) is 0 Å². The van der Waals surface area contributed by atoms with Crippen LogP contribution in [0.3, 0.4) is 0 Å². The average Bonchev–Trinajstić information content (AvgIpc) is 2.92. The maximum Gasteiger partial charge on any atom is 0.125 e. The second kappa shape index (κ2) is 6.50. The van der Waals surface area contributed by atoms with Gasteiger partial charge < -0.3 is 4.42 Å². The molecule has 1 aromatic heterocycles. The van der Waals surface area contributed by atoms with Crippen LogP contribution in [0.4, 0.5) is 0 Å². The molecule has 1 N–H and O–H groups in total. The summed E-state index contributed by atoms with van der Waals surface area (Å²) in [5.41, 5.74) is 1.15. The molecule has 0 saturated carbocycles. The first-order valence-electron chi connectivity index (χ1n) is 6.09. The van der Waals surface area contributed by atoms with E-state index in [-0.39, 0.29) is 6.04 Å². The second-order valence-electron chi connectivity index (χ2n) is 4.29. The zero-order valence-corrected chi connectivity index (χ0v) is 11.7. The summed E-state index contributed by atoms with van der Waals surface area (Å²) in [6, 6.07) is 11.2. The lowest BCUT2D eigenvalue weighted by atomic mass is 10.2. The number of furan rings is 1. The zero-order chi connectivity index (χ0) is 13.7. The molecule has 2 atom stereocenters. The molecule has 2 rings (SSSR count). The van der Waals surface area contributed by atoms with E-state index in [1.54, 1.807) is 12.3 Å². The number of hydrogen-bond acceptors (Lipinski definition) is 2. The van der Waals surface area contributed by atoms with E-state index in [4.69, 9.17) is 4.42 Å². The fourth-order valence-corrected chi connectivity index (χ4v) is 2.73. The first kappa shape index (κ1) is 13.8. The van der Waals surface area contributed by atoms with Gasteiger partial charge in [-0.05, 0) is 37.6 Å². The molecule has 0 saturated heterocycles. The van der Waals surface area contributed by atoms with Crippen LogP contribution >= 0.6 is 0 Å². The third kappa shape index (κ3) is 3.66. The molecule has 0 aliphatic rings. The Morgan fingerprint density at radius 2 is 2.11 bits per heavy atom. The molecule has 100 valence electrons. The van der Waals surface area contributed by atoms with Crippen molar-refractivity contribution in [2.45, 2.75) is 24.3 Å². The van der Waals surface area contributed by atoms with Gasteiger partial charge >= 0.3 is 0 Å². The summed E-state index contributed by atoms with van der Waals surface area (Å²) in [7, 11) is -1.27. The fraction of sp³-hybridized carbons (Fsp3) is 0.200. The Bertz CT molecular complexity index is 546. The Kier molecular flexibility index (Phi) is 4.71. The van der Waals surface area contributed by atoms with Crippen molar-refractivity contribution in [3.05, 3.63) is 66.6 Å². The lowest BCUT2D eigenvalue weighted by Crippen LogP contribution is -2.23. The van der Waals surface area contributed by atoms with Gasteiger partial charge in [-0.25, -0.2) is 8.93 Å². The van der Waals surface area contributed by atoms with Gasteiger partial charge in [0.25, 0.3) is 0 Å². The van der Waals surface area contributed by atoms with Crippen LogP contribution in [0.25, 0.3) is 0 Å². The molecule has 2 aromatic rings. The third-order valence-electron chi connectivity index (χ3n) is 2.77. The highest BCUT2D eigenvalue weighted by atomic mass is 32.2. The largest absolute Gasteiger partial charge is 0.468 e. The molecule has 1 heterocycles. The van der Waals surface area contributed by atoms with E-state index >= 15 is 0 Å². The Balaban J connectivity index is 2.11. The summed E-state index contributed by atoms with van der Waals surface area (Å²) < 4.78 is 20.7. The summed E-state index contributed by atoms with van der Waals surface area (Å²) in [6.45, 7) is 5.72. The summed E-state index contributed by atoms with van der Waals surface area (Å²) in [5.74, 6) is 0.764. The minimum absolute atomic E-state index is 0.130. The second-order valence-corrected chi connectivity index (χ2v) is 5.54. The summed E-state index contributed by atoms with van der Waals surface area (Å²) >= 11 is 0. The van der Waals surface area contributed by atoms with Crippen LogP contribution in [0, 0.1) is 6.92 Å². The third-order valence-corrected chi connectivity index (χ3v) is 3.97. The molecule has 1 unspecified atom stereocenters. The average molecular weight is 275 g/mol. The van der Waals surface area contributed by atoms with Crippen LogP contribution in [0.5, 0.6) is 0 Å². The summed E-state index contributed by atoms with van der Waals surface area (Å²) in [5, 5.41) is 0. The molecule has 19 heavy (non-hydrogen) atoms. The number of aryl methyl sites for hydroxylation is 1. The number of hydrogen-bond donors (Lipinski definition) is 1. The van der Waals surface area contributed by atoms with Crippen molar-refractivity contribution in [1.82, 2.24) is 4.72 Å². The lowest BCUT2D eigenvalue weighted by Gasteiger charge is -2.14. The molecule has 0 amide bonds. The lowest BCUT2D eigenvalue weighted by molar-refractivity contribution is 0.452. The summed E-state index contributed by atoms with van der Waals surface area (Å²) in [6.07, 6.45) is 4.06. The first-order chi connectivity index (χ1) is 9.20. The van der Waals surface area contributed by atoms with E-state index in [0.29, 0.717) is 6.42 Å². The molecule has 1 aromatic carbocycles. The van der Waals surface area contributed by atoms with E-state index in [9.17, 15) is 4.21 Å². The molecule has 3 nitrogen and oxygen atoms in total. The van der Waals surface area contributed by atoms with Gasteiger partial charge in [0.1, 0.15) is 16.7 Å². The quantitative estimate of drug-likeness (QED) is 0.820. The van der Waals surface area contributed by atoms with E-state index < -0.39 is 11.0 Å². The monoisotopic (exact) mass is 275 g/mol. The van der Waals surface area contributed by atoms with Crippen LogP contribution in [0.1, 0.15) is 23.8 Å². The maximum atomic E-state index is 12.3. The highest BCUT2D eigenvalue weighted by Crippen LogP contribution is 2.19. The van der Waals surface area contributed by atoms with Crippen molar-refractivity contribution >= 4 is 11.0 Å². The van der Waals surface area contributed by atoms with Gasteiger partial charge in [0.05, 0.1) is 17.2 Å².